The minimum Gasteiger partial charge on any atom is -0.303 e. The second-order valence-corrected chi connectivity index (χ2v) is 8.90. The monoisotopic (exact) mass is 303 g/mol. The summed E-state index contributed by atoms with van der Waals surface area (Å²) in [5.74, 6) is 2.92. The smallest absolute Gasteiger partial charge is 0.0108 e. The summed E-state index contributed by atoms with van der Waals surface area (Å²) >= 11 is 2.05. The molecule has 1 nitrogen and oxygen atoms in total. The SMILES string of the molecule is CC(C)(C)C1CCCN(CC2CSc3ccccc32)CC1. The van der Waals surface area contributed by atoms with Crippen LogP contribution in [0.1, 0.15) is 51.5 Å². The summed E-state index contributed by atoms with van der Waals surface area (Å²) < 4.78 is 0. The van der Waals surface area contributed by atoms with Crippen molar-refractivity contribution in [2.24, 2.45) is 11.3 Å². The molecule has 2 atom stereocenters. The van der Waals surface area contributed by atoms with Crippen molar-refractivity contribution in [3.05, 3.63) is 29.8 Å². The van der Waals surface area contributed by atoms with Gasteiger partial charge in [0.05, 0.1) is 0 Å². The van der Waals surface area contributed by atoms with Gasteiger partial charge < -0.3 is 4.90 Å². The van der Waals surface area contributed by atoms with Gasteiger partial charge in [-0.05, 0) is 55.3 Å². The van der Waals surface area contributed by atoms with E-state index in [1.165, 1.54) is 49.5 Å². The Balaban J connectivity index is 1.60. The summed E-state index contributed by atoms with van der Waals surface area (Å²) in [4.78, 5) is 4.25. The summed E-state index contributed by atoms with van der Waals surface area (Å²) in [6.07, 6.45) is 4.17. The van der Waals surface area contributed by atoms with Crippen LogP contribution in [0.2, 0.25) is 0 Å². The Morgan fingerprint density at radius 3 is 2.76 bits per heavy atom. The molecule has 0 bridgehead atoms. The van der Waals surface area contributed by atoms with Gasteiger partial charge in [0.25, 0.3) is 0 Å². The maximum atomic E-state index is 2.74. The first-order valence-electron chi connectivity index (χ1n) is 8.48. The number of benzene rings is 1. The van der Waals surface area contributed by atoms with Gasteiger partial charge in [0.15, 0.2) is 0 Å². The van der Waals surface area contributed by atoms with Crippen LogP contribution in [0.5, 0.6) is 0 Å². The molecule has 3 rings (SSSR count). The van der Waals surface area contributed by atoms with Gasteiger partial charge in [-0.2, -0.15) is 0 Å². The standard InChI is InChI=1S/C19H29NS/c1-19(2,3)16-7-6-11-20(12-10-16)13-15-14-21-18-9-5-4-8-17(15)18/h4-5,8-9,15-16H,6-7,10-14H2,1-3H3. The molecule has 0 saturated carbocycles. The molecule has 1 aromatic rings. The van der Waals surface area contributed by atoms with E-state index >= 15 is 0 Å². The van der Waals surface area contributed by atoms with Crippen LogP contribution in [0.15, 0.2) is 29.2 Å². The first-order valence-corrected chi connectivity index (χ1v) is 9.46. The highest BCUT2D eigenvalue weighted by molar-refractivity contribution is 7.99. The molecule has 0 amide bonds. The fourth-order valence-electron chi connectivity index (χ4n) is 3.90. The zero-order valence-corrected chi connectivity index (χ0v) is 14.6. The lowest BCUT2D eigenvalue weighted by molar-refractivity contribution is 0.206. The molecule has 116 valence electrons. The predicted molar refractivity (Wildman–Crippen MR) is 93.1 cm³/mol. The van der Waals surface area contributed by atoms with E-state index in [2.05, 4.69) is 49.9 Å². The number of fused-ring (bicyclic) bond motifs is 1. The second-order valence-electron chi connectivity index (χ2n) is 7.84. The average molecular weight is 304 g/mol. The third-order valence-electron chi connectivity index (χ3n) is 5.32. The van der Waals surface area contributed by atoms with Crippen molar-refractivity contribution in [3.8, 4) is 0 Å². The summed E-state index contributed by atoms with van der Waals surface area (Å²) in [7, 11) is 0. The molecule has 1 saturated heterocycles. The topological polar surface area (TPSA) is 3.24 Å². The Labute approximate surface area is 134 Å². The molecule has 2 aliphatic heterocycles. The second kappa shape index (κ2) is 6.34. The molecule has 0 N–H and O–H groups in total. The highest BCUT2D eigenvalue weighted by Gasteiger charge is 2.29. The highest BCUT2D eigenvalue weighted by atomic mass is 32.2. The van der Waals surface area contributed by atoms with Crippen molar-refractivity contribution in [3.63, 3.8) is 0 Å². The van der Waals surface area contributed by atoms with Crippen molar-refractivity contribution in [2.75, 3.05) is 25.4 Å². The van der Waals surface area contributed by atoms with Crippen molar-refractivity contribution >= 4 is 11.8 Å². The summed E-state index contributed by atoms with van der Waals surface area (Å²) in [6, 6.07) is 9.01. The molecule has 2 unspecified atom stereocenters. The fourth-order valence-corrected chi connectivity index (χ4v) is 5.14. The van der Waals surface area contributed by atoms with Gasteiger partial charge in [-0.3, -0.25) is 0 Å². The average Bonchev–Trinajstić information content (AvgIpc) is 2.68. The Kier molecular flexibility index (Phi) is 4.66. The number of nitrogens with zero attached hydrogens (tertiary/aromatic N) is 1. The zero-order chi connectivity index (χ0) is 14.9. The van der Waals surface area contributed by atoms with Crippen LogP contribution in [0.3, 0.4) is 0 Å². The first kappa shape index (κ1) is 15.4. The number of thioether (sulfide) groups is 1. The Morgan fingerprint density at radius 2 is 1.95 bits per heavy atom. The van der Waals surface area contributed by atoms with E-state index in [9.17, 15) is 0 Å². The van der Waals surface area contributed by atoms with Crippen LogP contribution in [-0.2, 0) is 0 Å². The minimum atomic E-state index is 0.478. The molecule has 2 aliphatic rings. The Bertz CT molecular complexity index is 477. The molecule has 0 aromatic heterocycles. The molecule has 0 aliphatic carbocycles. The Hall–Kier alpha value is -0.470. The Morgan fingerprint density at radius 1 is 1.14 bits per heavy atom. The maximum absolute atomic E-state index is 2.74. The van der Waals surface area contributed by atoms with Crippen molar-refractivity contribution < 1.29 is 0 Å². The van der Waals surface area contributed by atoms with Gasteiger partial charge >= 0.3 is 0 Å². The molecule has 0 spiro atoms. The number of rotatable bonds is 2. The molecule has 0 radical (unpaired) electrons. The van der Waals surface area contributed by atoms with Gasteiger partial charge in [-0.1, -0.05) is 39.0 Å². The van der Waals surface area contributed by atoms with Crippen LogP contribution >= 0.6 is 11.8 Å². The molecule has 2 heteroatoms. The van der Waals surface area contributed by atoms with Crippen molar-refractivity contribution in [1.29, 1.82) is 0 Å². The minimum absolute atomic E-state index is 0.478. The van der Waals surface area contributed by atoms with E-state index < -0.39 is 0 Å². The molecule has 2 heterocycles. The summed E-state index contributed by atoms with van der Waals surface area (Å²) in [5.41, 5.74) is 2.07. The summed E-state index contributed by atoms with van der Waals surface area (Å²) in [6.45, 7) is 11.1. The van der Waals surface area contributed by atoms with Crippen LogP contribution in [-0.4, -0.2) is 30.3 Å². The van der Waals surface area contributed by atoms with Crippen LogP contribution in [0, 0.1) is 11.3 Å². The lowest BCUT2D eigenvalue weighted by Crippen LogP contribution is -2.30. The number of hydrogen-bond donors (Lipinski definition) is 0. The fraction of sp³-hybridized carbons (Fsp3) is 0.684. The molecular weight excluding hydrogens is 274 g/mol. The lowest BCUT2D eigenvalue weighted by Gasteiger charge is -2.30. The molecule has 1 aromatic carbocycles. The molecular formula is C19H29NS. The first-order chi connectivity index (χ1) is 10.0. The largest absolute Gasteiger partial charge is 0.303 e. The van der Waals surface area contributed by atoms with Gasteiger partial charge in [0.2, 0.25) is 0 Å². The van der Waals surface area contributed by atoms with Crippen LogP contribution < -0.4 is 0 Å². The zero-order valence-electron chi connectivity index (χ0n) is 13.8. The predicted octanol–water partition coefficient (Wildman–Crippen LogP) is 5.02. The van der Waals surface area contributed by atoms with E-state index in [0.29, 0.717) is 5.41 Å². The number of hydrogen-bond acceptors (Lipinski definition) is 2. The van der Waals surface area contributed by atoms with E-state index in [-0.39, 0.29) is 0 Å². The number of likely N-dealkylation sites (tertiary alicyclic amines) is 1. The van der Waals surface area contributed by atoms with E-state index in [0.717, 1.165) is 11.8 Å². The summed E-state index contributed by atoms with van der Waals surface area (Å²) in [5, 5.41) is 0. The van der Waals surface area contributed by atoms with Crippen LogP contribution in [0.4, 0.5) is 0 Å². The van der Waals surface area contributed by atoms with Crippen LogP contribution in [0.25, 0.3) is 0 Å². The van der Waals surface area contributed by atoms with Gasteiger partial charge in [0.1, 0.15) is 0 Å². The lowest BCUT2D eigenvalue weighted by atomic mass is 9.77. The third kappa shape index (κ3) is 3.65. The van der Waals surface area contributed by atoms with Crippen molar-refractivity contribution in [2.45, 2.75) is 50.8 Å². The van der Waals surface area contributed by atoms with Gasteiger partial charge in [0, 0.05) is 23.1 Å². The van der Waals surface area contributed by atoms with E-state index in [1.807, 2.05) is 11.8 Å². The van der Waals surface area contributed by atoms with Gasteiger partial charge in [-0.25, -0.2) is 0 Å². The van der Waals surface area contributed by atoms with E-state index in [4.69, 9.17) is 0 Å². The normalized spacial score (nSPS) is 27.4. The van der Waals surface area contributed by atoms with E-state index in [1.54, 1.807) is 5.56 Å². The molecule has 1 fully saturated rings. The quantitative estimate of drug-likeness (QED) is 0.754. The third-order valence-corrected chi connectivity index (χ3v) is 6.57. The van der Waals surface area contributed by atoms with Gasteiger partial charge in [-0.15, -0.1) is 11.8 Å². The molecule has 21 heavy (non-hydrogen) atoms. The highest BCUT2D eigenvalue weighted by Crippen LogP contribution is 2.40. The maximum Gasteiger partial charge on any atom is 0.0108 e. The van der Waals surface area contributed by atoms with Crippen molar-refractivity contribution in [1.82, 2.24) is 4.90 Å².